The molecule has 0 aliphatic rings. The topological polar surface area (TPSA) is 38.9 Å². The van der Waals surface area contributed by atoms with Crippen LogP contribution in [0, 0.1) is 12.7 Å². The molecule has 18 heavy (non-hydrogen) atoms. The molecule has 4 heteroatoms. The number of thiazole rings is 1. The summed E-state index contributed by atoms with van der Waals surface area (Å²) in [4.78, 5) is 4.43. The largest absolute Gasteiger partial charge is 0.325 e. The molecule has 0 fully saturated rings. The van der Waals surface area contributed by atoms with Crippen molar-refractivity contribution in [1.29, 1.82) is 0 Å². The smallest absolute Gasteiger partial charge is 0.123 e. The Morgan fingerprint density at radius 2 is 1.94 bits per heavy atom. The van der Waals surface area contributed by atoms with Gasteiger partial charge in [-0.05, 0) is 38.0 Å². The number of aryl methyl sites for hydroxylation is 1. The van der Waals surface area contributed by atoms with Crippen molar-refractivity contribution in [3.8, 4) is 0 Å². The average Bonchev–Trinajstić information content (AvgIpc) is 2.66. The van der Waals surface area contributed by atoms with Crippen molar-refractivity contribution in [2.45, 2.75) is 32.2 Å². The average molecular weight is 264 g/mol. The lowest BCUT2D eigenvalue weighted by Crippen LogP contribution is -2.40. The molecule has 0 saturated heterocycles. The fourth-order valence-electron chi connectivity index (χ4n) is 1.96. The third-order valence-corrected chi connectivity index (χ3v) is 3.71. The lowest BCUT2D eigenvalue weighted by atomic mass is 9.91. The first-order valence-corrected chi connectivity index (χ1v) is 6.77. The van der Waals surface area contributed by atoms with Gasteiger partial charge in [0, 0.05) is 23.0 Å². The standard InChI is InChI=1S/C14H17FN2S/c1-10-9-18-13(17-10)8-14(2,16)7-11-3-5-12(15)6-4-11/h3-6,9H,7-8,16H2,1-2H3. The Hall–Kier alpha value is -1.26. The van der Waals surface area contributed by atoms with Crippen LogP contribution in [0.4, 0.5) is 4.39 Å². The van der Waals surface area contributed by atoms with Crippen LogP contribution in [0.15, 0.2) is 29.6 Å². The van der Waals surface area contributed by atoms with E-state index in [4.69, 9.17) is 5.73 Å². The molecule has 1 aromatic carbocycles. The van der Waals surface area contributed by atoms with E-state index < -0.39 is 0 Å². The van der Waals surface area contributed by atoms with Crippen LogP contribution < -0.4 is 5.73 Å². The highest BCUT2D eigenvalue weighted by Gasteiger charge is 2.21. The summed E-state index contributed by atoms with van der Waals surface area (Å²) in [7, 11) is 0. The molecule has 1 aromatic heterocycles. The summed E-state index contributed by atoms with van der Waals surface area (Å²) in [5, 5.41) is 3.09. The number of hydrogen-bond donors (Lipinski definition) is 1. The van der Waals surface area contributed by atoms with E-state index in [1.54, 1.807) is 23.5 Å². The summed E-state index contributed by atoms with van der Waals surface area (Å²) in [5.74, 6) is -0.215. The molecule has 0 bridgehead atoms. The fraction of sp³-hybridized carbons (Fsp3) is 0.357. The van der Waals surface area contributed by atoms with Crippen LogP contribution in [0.3, 0.4) is 0 Å². The van der Waals surface area contributed by atoms with Crippen LogP contribution in [0.2, 0.25) is 0 Å². The van der Waals surface area contributed by atoms with Gasteiger partial charge in [-0.15, -0.1) is 11.3 Å². The predicted octanol–water partition coefficient (Wildman–Crippen LogP) is 3.09. The summed E-state index contributed by atoms with van der Waals surface area (Å²) in [6, 6.07) is 6.51. The molecule has 2 nitrogen and oxygen atoms in total. The van der Waals surface area contributed by atoms with Crippen LogP contribution in [0.1, 0.15) is 23.2 Å². The molecule has 2 N–H and O–H groups in total. The normalized spacial score (nSPS) is 14.4. The summed E-state index contributed by atoms with van der Waals surface area (Å²) in [6.45, 7) is 3.99. The van der Waals surface area contributed by atoms with Crippen molar-refractivity contribution >= 4 is 11.3 Å². The van der Waals surface area contributed by atoms with Crippen molar-refractivity contribution in [2.75, 3.05) is 0 Å². The number of nitrogens with two attached hydrogens (primary N) is 1. The second-order valence-electron chi connectivity index (χ2n) is 5.02. The third-order valence-electron chi connectivity index (χ3n) is 2.74. The summed E-state index contributed by atoms with van der Waals surface area (Å²) in [6.07, 6.45) is 1.45. The zero-order valence-electron chi connectivity index (χ0n) is 10.6. The molecule has 1 unspecified atom stereocenters. The zero-order valence-corrected chi connectivity index (χ0v) is 11.4. The van der Waals surface area contributed by atoms with Crippen molar-refractivity contribution in [3.63, 3.8) is 0 Å². The van der Waals surface area contributed by atoms with Gasteiger partial charge in [0.25, 0.3) is 0 Å². The van der Waals surface area contributed by atoms with Crippen LogP contribution in [-0.2, 0) is 12.8 Å². The number of halogens is 1. The molecule has 0 radical (unpaired) electrons. The predicted molar refractivity (Wildman–Crippen MR) is 73.3 cm³/mol. The van der Waals surface area contributed by atoms with E-state index in [-0.39, 0.29) is 11.4 Å². The van der Waals surface area contributed by atoms with Crippen LogP contribution in [-0.4, -0.2) is 10.5 Å². The molecule has 2 rings (SSSR count). The van der Waals surface area contributed by atoms with Gasteiger partial charge in [-0.3, -0.25) is 0 Å². The van der Waals surface area contributed by atoms with Gasteiger partial charge in [0.2, 0.25) is 0 Å². The third kappa shape index (κ3) is 3.62. The minimum absolute atomic E-state index is 0.215. The molecule has 96 valence electrons. The number of nitrogens with zero attached hydrogens (tertiary/aromatic N) is 1. The van der Waals surface area contributed by atoms with Gasteiger partial charge >= 0.3 is 0 Å². The van der Waals surface area contributed by atoms with Crippen molar-refractivity contribution in [2.24, 2.45) is 5.73 Å². The van der Waals surface area contributed by atoms with Crippen LogP contribution >= 0.6 is 11.3 Å². The van der Waals surface area contributed by atoms with Gasteiger partial charge in [-0.25, -0.2) is 9.37 Å². The Bertz CT molecular complexity index is 517. The second kappa shape index (κ2) is 5.16. The second-order valence-corrected chi connectivity index (χ2v) is 5.96. The van der Waals surface area contributed by atoms with E-state index >= 15 is 0 Å². The van der Waals surface area contributed by atoms with Crippen molar-refractivity contribution < 1.29 is 4.39 Å². The van der Waals surface area contributed by atoms with Crippen LogP contribution in [0.25, 0.3) is 0 Å². The lowest BCUT2D eigenvalue weighted by molar-refractivity contribution is 0.461. The maximum atomic E-state index is 12.8. The molecule has 1 heterocycles. The lowest BCUT2D eigenvalue weighted by Gasteiger charge is -2.23. The Kier molecular flexibility index (Phi) is 3.78. The van der Waals surface area contributed by atoms with E-state index in [9.17, 15) is 4.39 Å². The van der Waals surface area contributed by atoms with Crippen LogP contribution in [0.5, 0.6) is 0 Å². The molecule has 1 atom stereocenters. The zero-order chi connectivity index (χ0) is 13.2. The molecule has 2 aromatic rings. The van der Waals surface area contributed by atoms with Gasteiger partial charge in [-0.1, -0.05) is 12.1 Å². The summed E-state index contributed by atoms with van der Waals surface area (Å²) in [5.41, 5.74) is 8.03. The molecule has 0 saturated carbocycles. The van der Waals surface area contributed by atoms with Gasteiger partial charge in [0.1, 0.15) is 5.82 Å². The Labute approximate surface area is 111 Å². The summed E-state index contributed by atoms with van der Waals surface area (Å²) >= 11 is 1.64. The van der Waals surface area contributed by atoms with E-state index in [0.717, 1.165) is 22.7 Å². The number of benzene rings is 1. The molecule has 0 spiro atoms. The van der Waals surface area contributed by atoms with Crippen molar-refractivity contribution in [3.05, 3.63) is 51.7 Å². The van der Waals surface area contributed by atoms with Gasteiger partial charge in [0.15, 0.2) is 0 Å². The molecular formula is C14H17FN2S. The minimum atomic E-state index is -0.359. The molecular weight excluding hydrogens is 247 g/mol. The first-order valence-electron chi connectivity index (χ1n) is 5.89. The van der Waals surface area contributed by atoms with E-state index in [2.05, 4.69) is 4.98 Å². The first kappa shape index (κ1) is 13.2. The maximum absolute atomic E-state index is 12.8. The van der Waals surface area contributed by atoms with E-state index in [0.29, 0.717) is 6.42 Å². The fourth-order valence-corrected chi connectivity index (χ4v) is 2.93. The highest BCUT2D eigenvalue weighted by Crippen LogP contribution is 2.19. The first-order chi connectivity index (χ1) is 8.44. The van der Waals surface area contributed by atoms with E-state index in [1.807, 2.05) is 19.2 Å². The Balaban J connectivity index is 2.04. The maximum Gasteiger partial charge on any atom is 0.123 e. The SMILES string of the molecule is Cc1csc(CC(C)(N)Cc2ccc(F)cc2)n1. The Morgan fingerprint density at radius 3 is 2.50 bits per heavy atom. The number of hydrogen-bond acceptors (Lipinski definition) is 3. The minimum Gasteiger partial charge on any atom is -0.325 e. The molecule has 0 amide bonds. The van der Waals surface area contributed by atoms with Crippen molar-refractivity contribution in [1.82, 2.24) is 4.98 Å². The molecule has 0 aliphatic heterocycles. The van der Waals surface area contributed by atoms with Gasteiger partial charge in [-0.2, -0.15) is 0 Å². The number of aromatic nitrogens is 1. The quantitative estimate of drug-likeness (QED) is 0.921. The summed E-state index contributed by atoms with van der Waals surface area (Å²) < 4.78 is 12.8. The van der Waals surface area contributed by atoms with Gasteiger partial charge < -0.3 is 5.73 Å². The Morgan fingerprint density at radius 1 is 1.28 bits per heavy atom. The van der Waals surface area contributed by atoms with Gasteiger partial charge in [0.05, 0.1) is 5.01 Å². The highest BCUT2D eigenvalue weighted by molar-refractivity contribution is 7.09. The monoisotopic (exact) mass is 264 g/mol. The highest BCUT2D eigenvalue weighted by atomic mass is 32.1. The molecule has 0 aliphatic carbocycles. The van der Waals surface area contributed by atoms with E-state index in [1.165, 1.54) is 12.1 Å². The number of rotatable bonds is 4.